The van der Waals surface area contributed by atoms with Gasteiger partial charge in [-0.25, -0.2) is 18.4 Å². The number of nitrogens with zero attached hydrogens (tertiary/aromatic N) is 1. The summed E-state index contributed by atoms with van der Waals surface area (Å²) in [5.74, 6) is -0.00366. The van der Waals surface area contributed by atoms with Crippen LogP contribution in [-0.2, 0) is 26.1 Å². The van der Waals surface area contributed by atoms with Gasteiger partial charge in [0, 0.05) is 7.05 Å². The summed E-state index contributed by atoms with van der Waals surface area (Å²) in [7, 11) is -2.56. The molecule has 1 amide bonds. The smallest absolute Gasteiger partial charge is 0.338 e. The van der Waals surface area contributed by atoms with Crippen LogP contribution in [-0.4, -0.2) is 38.8 Å². The van der Waals surface area contributed by atoms with E-state index in [0.29, 0.717) is 5.76 Å². The highest BCUT2D eigenvalue weighted by molar-refractivity contribution is 7.89. The van der Waals surface area contributed by atoms with E-state index in [-0.39, 0.29) is 17.1 Å². The lowest BCUT2D eigenvalue weighted by Gasteiger charge is -2.15. The number of aryl methyl sites for hydroxylation is 1. The Bertz CT molecular complexity index is 938. The third kappa shape index (κ3) is 5.07. The van der Waals surface area contributed by atoms with Gasteiger partial charge in [0.25, 0.3) is 5.91 Å². The number of primary sulfonamides is 1. The van der Waals surface area contributed by atoms with Crippen LogP contribution in [0.1, 0.15) is 21.9 Å². The number of halogens is 1. The molecule has 0 radical (unpaired) electrons. The van der Waals surface area contributed by atoms with Gasteiger partial charge >= 0.3 is 5.97 Å². The number of carbonyl (C=O) groups excluding carboxylic acids is 2. The molecule has 0 saturated carbocycles. The van der Waals surface area contributed by atoms with Crippen molar-refractivity contribution < 1.29 is 27.2 Å². The van der Waals surface area contributed by atoms with E-state index in [1.807, 2.05) is 0 Å². The molecule has 1 heterocycles. The Hall–Kier alpha value is -2.36. The highest BCUT2D eigenvalue weighted by atomic mass is 35.5. The predicted molar refractivity (Wildman–Crippen MR) is 93.0 cm³/mol. The highest BCUT2D eigenvalue weighted by Gasteiger charge is 2.19. The van der Waals surface area contributed by atoms with Crippen molar-refractivity contribution in [3.05, 3.63) is 52.4 Å². The number of rotatable bonds is 6. The summed E-state index contributed by atoms with van der Waals surface area (Å²) in [6.45, 7) is 1.50. The van der Waals surface area contributed by atoms with Crippen molar-refractivity contribution in [2.45, 2.75) is 18.4 Å². The topological polar surface area (TPSA) is 120 Å². The first-order chi connectivity index (χ1) is 12.1. The normalized spacial score (nSPS) is 11.2. The van der Waals surface area contributed by atoms with Crippen molar-refractivity contribution in [2.24, 2.45) is 5.14 Å². The maximum atomic E-state index is 12.0. The number of esters is 1. The predicted octanol–water partition coefficient (Wildman–Crippen LogP) is 1.70. The van der Waals surface area contributed by atoms with Gasteiger partial charge in [-0.2, -0.15) is 0 Å². The molecule has 0 fully saturated rings. The van der Waals surface area contributed by atoms with E-state index in [2.05, 4.69) is 0 Å². The minimum Gasteiger partial charge on any atom is -0.464 e. The van der Waals surface area contributed by atoms with Gasteiger partial charge in [-0.3, -0.25) is 4.79 Å². The number of ether oxygens (including phenoxy) is 1. The SMILES string of the molecule is Cc1ccc(CN(C)C(=O)COC(=O)c2ccc(Cl)c(S(N)(=O)=O)c2)o1. The molecule has 0 aliphatic rings. The molecule has 0 saturated heterocycles. The van der Waals surface area contributed by atoms with Crippen LogP contribution < -0.4 is 5.14 Å². The van der Waals surface area contributed by atoms with Gasteiger partial charge in [0.15, 0.2) is 6.61 Å². The maximum absolute atomic E-state index is 12.0. The lowest BCUT2D eigenvalue weighted by Crippen LogP contribution is -2.30. The van der Waals surface area contributed by atoms with Gasteiger partial charge in [-0.1, -0.05) is 11.6 Å². The Morgan fingerprint density at radius 3 is 2.54 bits per heavy atom. The van der Waals surface area contributed by atoms with Crippen molar-refractivity contribution in [2.75, 3.05) is 13.7 Å². The molecule has 1 aromatic heterocycles. The van der Waals surface area contributed by atoms with E-state index in [0.717, 1.165) is 11.8 Å². The van der Waals surface area contributed by atoms with Crippen molar-refractivity contribution in [3.63, 3.8) is 0 Å². The highest BCUT2D eigenvalue weighted by Crippen LogP contribution is 2.22. The minimum absolute atomic E-state index is 0.0875. The van der Waals surface area contributed by atoms with Crippen molar-refractivity contribution in [1.82, 2.24) is 4.90 Å². The lowest BCUT2D eigenvalue weighted by molar-refractivity contribution is -0.134. The molecular weight excluding hydrogens is 384 g/mol. The van der Waals surface area contributed by atoms with Gasteiger partial charge in [0.2, 0.25) is 10.0 Å². The van der Waals surface area contributed by atoms with E-state index in [1.165, 1.54) is 24.1 Å². The van der Waals surface area contributed by atoms with Gasteiger partial charge < -0.3 is 14.1 Å². The van der Waals surface area contributed by atoms with Crippen LogP contribution in [0, 0.1) is 6.92 Å². The number of carbonyl (C=O) groups is 2. The molecule has 10 heteroatoms. The summed E-state index contributed by atoms with van der Waals surface area (Å²) >= 11 is 5.75. The number of benzene rings is 1. The average Bonchev–Trinajstić information content (AvgIpc) is 2.96. The molecule has 0 aliphatic heterocycles. The molecule has 0 atom stereocenters. The third-order valence-corrected chi connectivity index (χ3v) is 4.81. The van der Waals surface area contributed by atoms with Crippen LogP contribution in [0.2, 0.25) is 5.02 Å². The summed E-state index contributed by atoms with van der Waals surface area (Å²) in [6.07, 6.45) is 0. The fraction of sp³-hybridized carbons (Fsp3) is 0.250. The number of amides is 1. The number of nitrogens with two attached hydrogens (primary N) is 1. The van der Waals surface area contributed by atoms with Crippen LogP contribution in [0.15, 0.2) is 39.6 Å². The summed E-state index contributed by atoms with van der Waals surface area (Å²) in [5, 5.41) is 4.91. The van der Waals surface area contributed by atoms with Crippen LogP contribution in [0.25, 0.3) is 0 Å². The molecule has 2 aromatic rings. The van der Waals surface area contributed by atoms with Gasteiger partial charge in [-0.05, 0) is 37.3 Å². The molecule has 0 spiro atoms. The fourth-order valence-electron chi connectivity index (χ4n) is 2.06. The number of furan rings is 1. The molecular formula is C16H17ClN2O6S. The Morgan fingerprint density at radius 2 is 1.96 bits per heavy atom. The lowest BCUT2D eigenvalue weighted by atomic mass is 10.2. The fourth-order valence-corrected chi connectivity index (χ4v) is 3.13. The number of likely N-dealkylation sites (N-methyl/N-ethyl adjacent to an activating group) is 1. The van der Waals surface area contributed by atoms with Crippen LogP contribution >= 0.6 is 11.6 Å². The molecule has 0 unspecified atom stereocenters. The van der Waals surface area contributed by atoms with Crippen LogP contribution in [0.3, 0.4) is 0 Å². The van der Waals surface area contributed by atoms with E-state index in [4.69, 9.17) is 25.9 Å². The van der Waals surface area contributed by atoms with Gasteiger partial charge in [0.1, 0.15) is 16.4 Å². The van der Waals surface area contributed by atoms with E-state index >= 15 is 0 Å². The molecule has 2 N–H and O–H groups in total. The van der Waals surface area contributed by atoms with E-state index < -0.39 is 33.4 Å². The first-order valence-corrected chi connectivity index (χ1v) is 9.29. The second-order valence-corrected chi connectivity index (χ2v) is 7.47. The second kappa shape index (κ2) is 7.90. The molecule has 26 heavy (non-hydrogen) atoms. The Kier molecular flexibility index (Phi) is 6.06. The molecule has 2 rings (SSSR count). The van der Waals surface area contributed by atoms with Crippen LogP contribution in [0.5, 0.6) is 0 Å². The summed E-state index contributed by atoms with van der Waals surface area (Å²) in [4.78, 5) is 25.0. The zero-order valence-electron chi connectivity index (χ0n) is 14.1. The zero-order chi connectivity index (χ0) is 19.5. The molecule has 8 nitrogen and oxygen atoms in total. The molecule has 140 valence electrons. The van der Waals surface area contributed by atoms with E-state index in [9.17, 15) is 18.0 Å². The van der Waals surface area contributed by atoms with Crippen molar-refractivity contribution in [3.8, 4) is 0 Å². The Morgan fingerprint density at radius 1 is 1.27 bits per heavy atom. The van der Waals surface area contributed by atoms with Gasteiger partial charge in [-0.15, -0.1) is 0 Å². The number of hydrogen-bond acceptors (Lipinski definition) is 6. The van der Waals surface area contributed by atoms with Crippen LogP contribution in [0.4, 0.5) is 0 Å². The minimum atomic E-state index is -4.09. The molecule has 0 aliphatic carbocycles. The monoisotopic (exact) mass is 400 g/mol. The Labute approximate surface area is 155 Å². The van der Waals surface area contributed by atoms with Gasteiger partial charge in [0.05, 0.1) is 17.1 Å². The summed E-state index contributed by atoms with van der Waals surface area (Å²) in [6, 6.07) is 7.01. The largest absolute Gasteiger partial charge is 0.464 e. The van der Waals surface area contributed by atoms with Crippen molar-refractivity contribution in [1.29, 1.82) is 0 Å². The summed E-state index contributed by atoms with van der Waals surface area (Å²) < 4.78 is 33.2. The second-order valence-electron chi connectivity index (χ2n) is 5.53. The average molecular weight is 401 g/mol. The zero-order valence-corrected chi connectivity index (χ0v) is 15.6. The Balaban J connectivity index is 1.98. The molecule has 0 bridgehead atoms. The maximum Gasteiger partial charge on any atom is 0.338 e. The first-order valence-electron chi connectivity index (χ1n) is 7.36. The number of hydrogen-bond donors (Lipinski definition) is 1. The third-order valence-electron chi connectivity index (χ3n) is 3.41. The number of sulfonamides is 1. The van der Waals surface area contributed by atoms with E-state index in [1.54, 1.807) is 19.1 Å². The standard InChI is InChI=1S/C16H17ClN2O6S/c1-10-3-5-12(25-10)8-19(2)15(20)9-24-16(21)11-4-6-13(17)14(7-11)26(18,22)23/h3-7H,8-9H2,1-2H3,(H2,18,22,23). The first kappa shape index (κ1) is 20.0. The quantitative estimate of drug-likeness (QED) is 0.737. The summed E-state index contributed by atoms with van der Waals surface area (Å²) in [5.41, 5.74) is -0.0875. The van der Waals surface area contributed by atoms with Crippen molar-refractivity contribution >= 4 is 33.5 Å². The molecule has 1 aromatic carbocycles.